The van der Waals surface area contributed by atoms with Crippen LogP contribution in [0.25, 0.3) is 5.65 Å². The van der Waals surface area contributed by atoms with E-state index < -0.39 is 0 Å². The molecule has 1 aromatic carbocycles. The molecule has 0 aliphatic carbocycles. The van der Waals surface area contributed by atoms with Gasteiger partial charge in [-0.1, -0.05) is 30.3 Å². The van der Waals surface area contributed by atoms with Gasteiger partial charge >= 0.3 is 5.97 Å². The number of fused-ring (bicyclic) bond motifs is 1. The fourth-order valence-electron chi connectivity index (χ4n) is 2.71. The van der Waals surface area contributed by atoms with Crippen LogP contribution in [0, 0.1) is 13.8 Å². The van der Waals surface area contributed by atoms with Crippen LogP contribution in [-0.4, -0.2) is 22.0 Å². The molecule has 3 aromatic rings. The van der Waals surface area contributed by atoms with Crippen LogP contribution in [0.3, 0.4) is 0 Å². The lowest BCUT2D eigenvalue weighted by Crippen LogP contribution is -2.08. The molecule has 2 aromatic heterocycles. The maximum Gasteiger partial charge on any atom is 0.339 e. The molecular formula is C19H20N2O2. The number of carbonyl (C=O) groups excluding carboxylic acids is 1. The Morgan fingerprint density at radius 2 is 1.96 bits per heavy atom. The molecule has 0 amide bonds. The lowest BCUT2D eigenvalue weighted by Gasteiger charge is -2.09. The van der Waals surface area contributed by atoms with Crippen LogP contribution in [0.4, 0.5) is 0 Å². The van der Waals surface area contributed by atoms with Gasteiger partial charge in [-0.3, -0.25) is 0 Å². The maximum absolute atomic E-state index is 12.2. The first-order valence-electron chi connectivity index (χ1n) is 7.79. The van der Waals surface area contributed by atoms with Crippen molar-refractivity contribution < 1.29 is 9.53 Å². The second kappa shape index (κ2) is 6.24. The van der Waals surface area contributed by atoms with Gasteiger partial charge in [-0.2, -0.15) is 0 Å². The van der Waals surface area contributed by atoms with E-state index in [2.05, 4.69) is 17.1 Å². The molecular weight excluding hydrogens is 288 g/mol. The van der Waals surface area contributed by atoms with E-state index in [9.17, 15) is 4.79 Å². The van der Waals surface area contributed by atoms with E-state index in [1.807, 2.05) is 55.6 Å². The van der Waals surface area contributed by atoms with E-state index in [1.165, 1.54) is 5.56 Å². The largest absolute Gasteiger partial charge is 0.462 e. The summed E-state index contributed by atoms with van der Waals surface area (Å²) in [7, 11) is 0. The molecule has 0 aliphatic heterocycles. The lowest BCUT2D eigenvalue weighted by atomic mass is 10.0. The summed E-state index contributed by atoms with van der Waals surface area (Å²) in [5.74, 6) is -0.297. The second-order valence-corrected chi connectivity index (χ2v) is 5.61. The van der Waals surface area contributed by atoms with E-state index >= 15 is 0 Å². The minimum absolute atomic E-state index is 0.297. The fourth-order valence-corrected chi connectivity index (χ4v) is 2.71. The van der Waals surface area contributed by atoms with Crippen molar-refractivity contribution in [3.63, 3.8) is 0 Å². The van der Waals surface area contributed by atoms with Gasteiger partial charge in [-0.15, -0.1) is 0 Å². The molecule has 0 saturated carbocycles. The van der Waals surface area contributed by atoms with Crippen molar-refractivity contribution in [3.05, 3.63) is 70.7 Å². The normalized spacial score (nSPS) is 10.9. The number of ether oxygens (including phenoxy) is 1. The van der Waals surface area contributed by atoms with Gasteiger partial charge in [0.15, 0.2) is 0 Å². The van der Waals surface area contributed by atoms with Crippen molar-refractivity contribution in [1.82, 2.24) is 9.38 Å². The summed E-state index contributed by atoms with van der Waals surface area (Å²) in [5, 5.41) is 0. The highest BCUT2D eigenvalue weighted by molar-refractivity contribution is 5.90. The topological polar surface area (TPSA) is 43.6 Å². The Balaban J connectivity index is 2.14. The second-order valence-electron chi connectivity index (χ2n) is 5.61. The highest BCUT2D eigenvalue weighted by Crippen LogP contribution is 2.21. The molecule has 0 spiro atoms. The van der Waals surface area contributed by atoms with Gasteiger partial charge in [-0.25, -0.2) is 9.78 Å². The average Bonchev–Trinajstić information content (AvgIpc) is 2.84. The quantitative estimate of drug-likeness (QED) is 0.690. The summed E-state index contributed by atoms with van der Waals surface area (Å²) in [6, 6.07) is 12.1. The van der Waals surface area contributed by atoms with Crippen LogP contribution < -0.4 is 0 Å². The van der Waals surface area contributed by atoms with Crippen LogP contribution in [0.15, 0.2) is 42.6 Å². The van der Waals surface area contributed by atoms with Crippen molar-refractivity contribution in [2.75, 3.05) is 6.61 Å². The maximum atomic E-state index is 12.2. The van der Waals surface area contributed by atoms with Crippen LogP contribution in [0.1, 0.15) is 39.8 Å². The Kier molecular flexibility index (Phi) is 4.15. The number of nitrogens with zero attached hydrogens (tertiary/aromatic N) is 2. The van der Waals surface area contributed by atoms with Gasteiger partial charge < -0.3 is 9.14 Å². The van der Waals surface area contributed by atoms with Crippen molar-refractivity contribution in [3.8, 4) is 0 Å². The van der Waals surface area contributed by atoms with Gasteiger partial charge in [-0.05, 0) is 32.4 Å². The molecule has 0 unspecified atom stereocenters. The molecule has 4 heteroatoms. The number of aryl methyl sites for hydroxylation is 2. The molecule has 0 radical (unpaired) electrons. The Bertz CT molecular complexity index is 851. The van der Waals surface area contributed by atoms with Gasteiger partial charge in [0.05, 0.1) is 17.9 Å². The van der Waals surface area contributed by atoms with Crippen molar-refractivity contribution in [2.24, 2.45) is 0 Å². The van der Waals surface area contributed by atoms with Crippen molar-refractivity contribution in [1.29, 1.82) is 0 Å². The van der Waals surface area contributed by atoms with Crippen molar-refractivity contribution in [2.45, 2.75) is 27.2 Å². The Hall–Kier alpha value is -2.62. The van der Waals surface area contributed by atoms with Gasteiger partial charge in [0.25, 0.3) is 0 Å². The van der Waals surface area contributed by atoms with E-state index in [4.69, 9.17) is 4.74 Å². The SMILES string of the molecule is CCOC(=O)c1cc(Cc2ccccc2)c2nc(C)c(C)n2c1. The van der Waals surface area contributed by atoms with E-state index in [1.54, 1.807) is 0 Å². The number of hydrogen-bond donors (Lipinski definition) is 0. The third kappa shape index (κ3) is 2.97. The van der Waals surface area contributed by atoms with Gasteiger partial charge in [0, 0.05) is 23.9 Å². The van der Waals surface area contributed by atoms with Crippen molar-refractivity contribution >= 4 is 11.6 Å². The van der Waals surface area contributed by atoms with Crippen LogP contribution >= 0.6 is 0 Å². The summed E-state index contributed by atoms with van der Waals surface area (Å²) >= 11 is 0. The Morgan fingerprint density at radius 1 is 1.22 bits per heavy atom. The van der Waals surface area contributed by atoms with Gasteiger partial charge in [0.2, 0.25) is 0 Å². The van der Waals surface area contributed by atoms with Crippen LogP contribution in [0.5, 0.6) is 0 Å². The zero-order valence-electron chi connectivity index (χ0n) is 13.7. The molecule has 0 atom stereocenters. The number of aromatic nitrogens is 2. The average molecular weight is 308 g/mol. The zero-order chi connectivity index (χ0) is 16.4. The highest BCUT2D eigenvalue weighted by atomic mass is 16.5. The molecule has 118 valence electrons. The molecule has 3 rings (SSSR count). The monoisotopic (exact) mass is 308 g/mol. The van der Waals surface area contributed by atoms with E-state index in [0.29, 0.717) is 12.2 Å². The number of rotatable bonds is 4. The van der Waals surface area contributed by atoms with Gasteiger partial charge in [0.1, 0.15) is 5.65 Å². The third-order valence-corrected chi connectivity index (χ3v) is 4.02. The first kappa shape index (κ1) is 15.3. The summed E-state index contributed by atoms with van der Waals surface area (Å²) in [6.07, 6.45) is 2.55. The Labute approximate surface area is 135 Å². The third-order valence-electron chi connectivity index (χ3n) is 4.02. The molecule has 0 N–H and O–H groups in total. The standard InChI is InChI=1S/C19H20N2O2/c1-4-23-19(22)17-11-16(10-15-8-6-5-7-9-15)18-20-13(2)14(3)21(18)12-17/h5-9,11-12H,4,10H2,1-3H3. The smallest absolute Gasteiger partial charge is 0.339 e. The lowest BCUT2D eigenvalue weighted by molar-refractivity contribution is 0.0525. The predicted molar refractivity (Wildman–Crippen MR) is 89.9 cm³/mol. The summed E-state index contributed by atoms with van der Waals surface area (Å²) in [5.41, 5.74) is 5.69. The summed E-state index contributed by atoms with van der Waals surface area (Å²) < 4.78 is 7.14. The number of esters is 1. The first-order chi connectivity index (χ1) is 11.1. The summed E-state index contributed by atoms with van der Waals surface area (Å²) in [6.45, 7) is 6.18. The van der Waals surface area contributed by atoms with Crippen LogP contribution in [0.2, 0.25) is 0 Å². The van der Waals surface area contributed by atoms with Crippen LogP contribution in [-0.2, 0) is 11.2 Å². The molecule has 2 heterocycles. The van der Waals surface area contributed by atoms with E-state index in [0.717, 1.165) is 29.0 Å². The number of carbonyl (C=O) groups is 1. The molecule has 23 heavy (non-hydrogen) atoms. The highest BCUT2D eigenvalue weighted by Gasteiger charge is 2.15. The molecule has 0 aliphatic rings. The predicted octanol–water partition coefficient (Wildman–Crippen LogP) is 3.72. The minimum Gasteiger partial charge on any atom is -0.462 e. The van der Waals surface area contributed by atoms with E-state index in [-0.39, 0.29) is 5.97 Å². The summed E-state index contributed by atoms with van der Waals surface area (Å²) in [4.78, 5) is 16.8. The zero-order valence-corrected chi connectivity index (χ0v) is 13.7. The number of pyridine rings is 1. The number of hydrogen-bond acceptors (Lipinski definition) is 3. The molecule has 0 bridgehead atoms. The first-order valence-corrected chi connectivity index (χ1v) is 7.79. The fraction of sp³-hybridized carbons (Fsp3) is 0.263. The Morgan fingerprint density at radius 3 is 2.65 bits per heavy atom. The molecule has 0 fully saturated rings. The molecule has 4 nitrogen and oxygen atoms in total. The minimum atomic E-state index is -0.297. The number of imidazole rings is 1. The molecule has 0 saturated heterocycles. The number of benzene rings is 1.